The molecule has 0 saturated carbocycles. The second-order valence-corrected chi connectivity index (χ2v) is 4.18. The van der Waals surface area contributed by atoms with E-state index < -0.39 is 11.8 Å². The van der Waals surface area contributed by atoms with Crippen LogP contribution in [-0.4, -0.2) is 18.0 Å². The number of amides is 3. The SMILES string of the molecule is CC1NC(=O)N(c2ccc(F)cc2)C(=O)C1C. The van der Waals surface area contributed by atoms with Gasteiger partial charge in [0.15, 0.2) is 0 Å². The first-order valence-corrected chi connectivity index (χ1v) is 5.40. The predicted octanol–water partition coefficient (Wildman–Crippen LogP) is 1.91. The van der Waals surface area contributed by atoms with Crippen LogP contribution in [0.25, 0.3) is 0 Å². The van der Waals surface area contributed by atoms with Crippen LogP contribution in [0, 0.1) is 11.7 Å². The molecule has 0 aliphatic carbocycles. The summed E-state index contributed by atoms with van der Waals surface area (Å²) in [5.74, 6) is -0.967. The minimum atomic E-state index is -0.466. The van der Waals surface area contributed by atoms with Gasteiger partial charge in [-0.25, -0.2) is 14.1 Å². The van der Waals surface area contributed by atoms with Gasteiger partial charge in [0, 0.05) is 6.04 Å². The smallest absolute Gasteiger partial charge is 0.328 e. The van der Waals surface area contributed by atoms with Gasteiger partial charge in [-0.15, -0.1) is 0 Å². The molecular formula is C12H13FN2O2. The quantitative estimate of drug-likeness (QED) is 0.809. The summed E-state index contributed by atoms with van der Waals surface area (Å²) in [6, 6.07) is 4.61. The zero-order valence-corrected chi connectivity index (χ0v) is 9.61. The summed E-state index contributed by atoms with van der Waals surface area (Å²) in [6.07, 6.45) is 0. The van der Waals surface area contributed by atoms with Crippen molar-refractivity contribution in [3.63, 3.8) is 0 Å². The zero-order chi connectivity index (χ0) is 12.6. The Hall–Kier alpha value is -1.91. The van der Waals surface area contributed by atoms with Gasteiger partial charge < -0.3 is 5.32 Å². The Kier molecular flexibility index (Phi) is 2.83. The lowest BCUT2D eigenvalue weighted by atomic mass is 9.99. The van der Waals surface area contributed by atoms with Gasteiger partial charge in [0.05, 0.1) is 11.6 Å². The first-order chi connectivity index (χ1) is 8.00. The molecule has 17 heavy (non-hydrogen) atoms. The van der Waals surface area contributed by atoms with Gasteiger partial charge in [0.2, 0.25) is 5.91 Å². The number of imide groups is 1. The molecule has 0 spiro atoms. The van der Waals surface area contributed by atoms with Gasteiger partial charge in [-0.1, -0.05) is 6.92 Å². The van der Waals surface area contributed by atoms with Crippen LogP contribution in [0.4, 0.5) is 14.9 Å². The van der Waals surface area contributed by atoms with Gasteiger partial charge in [-0.3, -0.25) is 4.79 Å². The molecule has 1 aromatic rings. The lowest BCUT2D eigenvalue weighted by Gasteiger charge is -2.34. The number of halogens is 1. The number of rotatable bonds is 1. The highest BCUT2D eigenvalue weighted by atomic mass is 19.1. The molecule has 1 N–H and O–H groups in total. The van der Waals surface area contributed by atoms with E-state index >= 15 is 0 Å². The highest BCUT2D eigenvalue weighted by molar-refractivity contribution is 6.16. The summed E-state index contributed by atoms with van der Waals surface area (Å²) in [7, 11) is 0. The molecule has 5 heteroatoms. The molecular weight excluding hydrogens is 223 g/mol. The molecule has 0 radical (unpaired) electrons. The van der Waals surface area contributed by atoms with Gasteiger partial charge in [0.1, 0.15) is 5.82 Å². The summed E-state index contributed by atoms with van der Waals surface area (Å²) in [5, 5.41) is 2.70. The standard InChI is InChI=1S/C12H13FN2O2/c1-7-8(2)14-12(17)15(11(7)16)10-5-3-9(13)4-6-10/h3-8H,1-2H3,(H,14,17). The fourth-order valence-corrected chi connectivity index (χ4v) is 1.74. The van der Waals surface area contributed by atoms with Crippen LogP contribution in [0.1, 0.15) is 13.8 Å². The number of carbonyl (C=O) groups is 2. The van der Waals surface area contributed by atoms with Crippen LogP contribution in [0.3, 0.4) is 0 Å². The predicted molar refractivity (Wildman–Crippen MR) is 61.0 cm³/mol. The molecule has 0 aromatic heterocycles. The van der Waals surface area contributed by atoms with Crippen molar-refractivity contribution >= 4 is 17.6 Å². The van der Waals surface area contributed by atoms with Crippen molar-refractivity contribution in [2.24, 2.45) is 5.92 Å². The van der Waals surface area contributed by atoms with E-state index in [9.17, 15) is 14.0 Å². The van der Waals surface area contributed by atoms with Crippen LogP contribution in [0.5, 0.6) is 0 Å². The average molecular weight is 236 g/mol. The Morgan fingerprint density at radius 3 is 2.35 bits per heavy atom. The van der Waals surface area contributed by atoms with Crippen LogP contribution in [0.15, 0.2) is 24.3 Å². The Labute approximate surface area is 98.4 Å². The Morgan fingerprint density at radius 2 is 1.76 bits per heavy atom. The van der Waals surface area contributed by atoms with E-state index in [2.05, 4.69) is 5.32 Å². The molecule has 2 atom stereocenters. The van der Waals surface area contributed by atoms with E-state index in [1.807, 2.05) is 0 Å². The maximum absolute atomic E-state index is 12.8. The van der Waals surface area contributed by atoms with Gasteiger partial charge >= 0.3 is 6.03 Å². The summed E-state index contributed by atoms with van der Waals surface area (Å²) >= 11 is 0. The normalized spacial score (nSPS) is 24.8. The van der Waals surface area contributed by atoms with Crippen LogP contribution >= 0.6 is 0 Å². The monoisotopic (exact) mass is 236 g/mol. The first kappa shape index (κ1) is 11.6. The number of benzene rings is 1. The highest BCUT2D eigenvalue weighted by Crippen LogP contribution is 2.22. The second kappa shape index (κ2) is 4.16. The minimum Gasteiger partial charge on any atom is -0.334 e. The number of nitrogens with zero attached hydrogens (tertiary/aromatic N) is 1. The molecule has 90 valence electrons. The lowest BCUT2D eigenvalue weighted by Crippen LogP contribution is -2.58. The van der Waals surface area contributed by atoms with Crippen molar-refractivity contribution in [2.45, 2.75) is 19.9 Å². The van der Waals surface area contributed by atoms with Crippen molar-refractivity contribution < 1.29 is 14.0 Å². The van der Waals surface area contributed by atoms with Crippen molar-refractivity contribution in [2.75, 3.05) is 4.90 Å². The van der Waals surface area contributed by atoms with Crippen molar-refractivity contribution in [3.8, 4) is 0 Å². The molecule has 1 aliphatic heterocycles. The number of carbonyl (C=O) groups excluding carboxylic acids is 2. The van der Waals surface area contributed by atoms with Crippen LogP contribution in [0.2, 0.25) is 0 Å². The number of urea groups is 1. The van der Waals surface area contributed by atoms with Crippen molar-refractivity contribution in [1.82, 2.24) is 5.32 Å². The fraction of sp³-hybridized carbons (Fsp3) is 0.333. The number of nitrogens with one attached hydrogen (secondary N) is 1. The first-order valence-electron chi connectivity index (χ1n) is 5.40. The zero-order valence-electron chi connectivity index (χ0n) is 9.61. The largest absolute Gasteiger partial charge is 0.334 e. The molecule has 1 aliphatic rings. The number of hydrogen-bond acceptors (Lipinski definition) is 2. The topological polar surface area (TPSA) is 49.4 Å². The number of hydrogen-bond donors (Lipinski definition) is 1. The molecule has 2 unspecified atom stereocenters. The highest BCUT2D eigenvalue weighted by Gasteiger charge is 2.36. The molecule has 2 rings (SSSR count). The van der Waals surface area contributed by atoms with E-state index in [4.69, 9.17) is 0 Å². The molecule has 1 heterocycles. The Morgan fingerprint density at radius 1 is 1.18 bits per heavy atom. The van der Waals surface area contributed by atoms with Crippen LogP contribution in [-0.2, 0) is 4.79 Å². The third-order valence-corrected chi connectivity index (χ3v) is 3.00. The molecule has 1 saturated heterocycles. The minimum absolute atomic E-state index is 0.188. The van der Waals surface area contributed by atoms with Crippen molar-refractivity contribution in [1.29, 1.82) is 0 Å². The van der Waals surface area contributed by atoms with Crippen LogP contribution < -0.4 is 10.2 Å². The second-order valence-electron chi connectivity index (χ2n) is 4.18. The number of anilines is 1. The van der Waals surface area contributed by atoms with E-state index in [0.717, 1.165) is 4.90 Å². The van der Waals surface area contributed by atoms with E-state index in [0.29, 0.717) is 5.69 Å². The third kappa shape index (κ3) is 2.00. The molecule has 1 aromatic carbocycles. The summed E-state index contributed by atoms with van der Waals surface area (Å²) in [6.45, 7) is 3.53. The van der Waals surface area contributed by atoms with Gasteiger partial charge in [0.25, 0.3) is 0 Å². The summed E-state index contributed by atoms with van der Waals surface area (Å²) < 4.78 is 12.8. The lowest BCUT2D eigenvalue weighted by molar-refractivity contribution is -0.122. The van der Waals surface area contributed by atoms with E-state index in [1.165, 1.54) is 24.3 Å². The molecule has 4 nitrogen and oxygen atoms in total. The summed E-state index contributed by atoms with van der Waals surface area (Å²) in [4.78, 5) is 24.8. The van der Waals surface area contributed by atoms with Gasteiger partial charge in [-0.05, 0) is 31.2 Å². The van der Waals surface area contributed by atoms with Gasteiger partial charge in [-0.2, -0.15) is 0 Å². The fourth-order valence-electron chi connectivity index (χ4n) is 1.74. The Bertz CT molecular complexity index is 458. The summed E-state index contributed by atoms with van der Waals surface area (Å²) in [5.41, 5.74) is 0.382. The Balaban J connectivity index is 2.34. The van der Waals surface area contributed by atoms with Crippen molar-refractivity contribution in [3.05, 3.63) is 30.1 Å². The molecule has 3 amide bonds. The third-order valence-electron chi connectivity index (χ3n) is 3.00. The maximum Gasteiger partial charge on any atom is 0.328 e. The molecule has 0 bridgehead atoms. The maximum atomic E-state index is 12.8. The molecule has 1 fully saturated rings. The van der Waals surface area contributed by atoms with E-state index in [-0.39, 0.29) is 17.9 Å². The van der Waals surface area contributed by atoms with E-state index in [1.54, 1.807) is 13.8 Å². The average Bonchev–Trinajstić information content (AvgIpc) is 2.29.